The summed E-state index contributed by atoms with van der Waals surface area (Å²) in [5.41, 5.74) is 0.968. The number of rotatable bonds is 5. The molecule has 22 heavy (non-hydrogen) atoms. The molecule has 7 nitrogen and oxygen atoms in total. The maximum absolute atomic E-state index is 11.9. The van der Waals surface area contributed by atoms with Crippen LogP contribution in [-0.4, -0.2) is 47.0 Å². The van der Waals surface area contributed by atoms with Crippen LogP contribution < -0.4 is 10.6 Å². The highest BCUT2D eigenvalue weighted by Gasteiger charge is 2.33. The van der Waals surface area contributed by atoms with E-state index in [4.69, 9.17) is 5.11 Å². The van der Waals surface area contributed by atoms with Crippen LogP contribution >= 0.6 is 0 Å². The fourth-order valence-corrected chi connectivity index (χ4v) is 2.41. The summed E-state index contributed by atoms with van der Waals surface area (Å²) >= 11 is 0. The third kappa shape index (κ3) is 4.21. The Bertz CT molecular complexity index is 547. The molecule has 1 saturated heterocycles. The second-order valence-corrected chi connectivity index (χ2v) is 5.11. The van der Waals surface area contributed by atoms with E-state index in [1.54, 1.807) is 0 Å². The fourth-order valence-electron chi connectivity index (χ4n) is 2.41. The zero-order valence-electron chi connectivity index (χ0n) is 12.1. The molecule has 1 atom stereocenters. The van der Waals surface area contributed by atoms with Crippen molar-refractivity contribution in [2.45, 2.75) is 25.4 Å². The number of carbonyl (C=O) groups excluding carboxylic acids is 2. The lowest BCUT2D eigenvalue weighted by Crippen LogP contribution is -2.47. The molecule has 7 heteroatoms. The number of nitrogens with zero attached hydrogens (tertiary/aromatic N) is 1. The highest BCUT2D eigenvalue weighted by Crippen LogP contribution is 2.17. The summed E-state index contributed by atoms with van der Waals surface area (Å²) < 4.78 is 0. The van der Waals surface area contributed by atoms with Crippen molar-refractivity contribution in [3.63, 3.8) is 0 Å². The monoisotopic (exact) mass is 305 g/mol. The first-order chi connectivity index (χ1) is 10.6. The molecule has 1 heterocycles. The van der Waals surface area contributed by atoms with Gasteiger partial charge in [0, 0.05) is 13.1 Å². The Kier molecular flexibility index (Phi) is 5.35. The molecule has 118 valence electrons. The summed E-state index contributed by atoms with van der Waals surface area (Å²) in [6.45, 7) is 0.587. The molecule has 0 unspecified atom stereocenters. The number of amides is 3. The molecule has 0 radical (unpaired) electrons. The standard InChI is InChI=1S/C15H19N3O4/c19-13(16-9-11-5-2-1-3-6-11)10-17-14(20)12-7-4-8-18(12)15(21)22/h1-3,5-6,12H,4,7-10H2,(H,16,19)(H,17,20)(H,21,22)/t12-/m0/s1. The van der Waals surface area contributed by atoms with E-state index in [1.165, 1.54) is 0 Å². The van der Waals surface area contributed by atoms with Gasteiger partial charge in [-0.15, -0.1) is 0 Å². The molecule has 0 aliphatic carbocycles. The van der Waals surface area contributed by atoms with Gasteiger partial charge in [0.2, 0.25) is 11.8 Å². The lowest BCUT2D eigenvalue weighted by Gasteiger charge is -2.20. The van der Waals surface area contributed by atoms with Gasteiger partial charge in [0.1, 0.15) is 6.04 Å². The molecule has 0 bridgehead atoms. The van der Waals surface area contributed by atoms with E-state index in [1.807, 2.05) is 30.3 Å². The molecule has 0 saturated carbocycles. The smallest absolute Gasteiger partial charge is 0.407 e. The Morgan fingerprint density at radius 2 is 1.91 bits per heavy atom. The van der Waals surface area contributed by atoms with Gasteiger partial charge in [0.15, 0.2) is 0 Å². The Morgan fingerprint density at radius 3 is 2.59 bits per heavy atom. The van der Waals surface area contributed by atoms with Gasteiger partial charge < -0.3 is 15.7 Å². The average Bonchev–Trinajstić information content (AvgIpc) is 3.01. The lowest BCUT2D eigenvalue weighted by molar-refractivity contribution is -0.128. The Hall–Kier alpha value is -2.57. The van der Waals surface area contributed by atoms with E-state index in [0.717, 1.165) is 10.5 Å². The minimum Gasteiger partial charge on any atom is -0.465 e. The van der Waals surface area contributed by atoms with Crippen LogP contribution in [0.3, 0.4) is 0 Å². The van der Waals surface area contributed by atoms with Gasteiger partial charge in [-0.3, -0.25) is 14.5 Å². The van der Waals surface area contributed by atoms with Crippen molar-refractivity contribution in [1.29, 1.82) is 0 Å². The molecule has 1 aliphatic heterocycles. The van der Waals surface area contributed by atoms with Gasteiger partial charge in [-0.25, -0.2) is 4.79 Å². The van der Waals surface area contributed by atoms with Gasteiger partial charge in [-0.2, -0.15) is 0 Å². The summed E-state index contributed by atoms with van der Waals surface area (Å²) in [6.07, 6.45) is 0.0418. The Labute approximate surface area is 128 Å². The topological polar surface area (TPSA) is 98.7 Å². The zero-order chi connectivity index (χ0) is 15.9. The van der Waals surface area contributed by atoms with Crippen LogP contribution in [0.5, 0.6) is 0 Å². The zero-order valence-corrected chi connectivity index (χ0v) is 12.1. The lowest BCUT2D eigenvalue weighted by atomic mass is 10.2. The Balaban J connectivity index is 1.74. The van der Waals surface area contributed by atoms with Gasteiger partial charge in [-0.1, -0.05) is 30.3 Å². The van der Waals surface area contributed by atoms with E-state index in [2.05, 4.69) is 10.6 Å². The summed E-state index contributed by atoms with van der Waals surface area (Å²) in [7, 11) is 0. The molecule has 0 aromatic heterocycles. The van der Waals surface area contributed by atoms with Crippen molar-refractivity contribution < 1.29 is 19.5 Å². The first kappa shape index (κ1) is 15.8. The molecular formula is C15H19N3O4. The van der Waals surface area contributed by atoms with Crippen LogP contribution in [-0.2, 0) is 16.1 Å². The molecule has 1 fully saturated rings. The molecule has 0 spiro atoms. The quantitative estimate of drug-likeness (QED) is 0.740. The van der Waals surface area contributed by atoms with Gasteiger partial charge in [0.05, 0.1) is 6.54 Å². The highest BCUT2D eigenvalue weighted by atomic mass is 16.4. The SMILES string of the molecule is O=C(CNC(=O)[C@@H]1CCCN1C(=O)O)NCc1ccccc1. The van der Waals surface area contributed by atoms with Crippen molar-refractivity contribution >= 4 is 17.9 Å². The molecular weight excluding hydrogens is 286 g/mol. The normalized spacial score (nSPS) is 17.1. The summed E-state index contributed by atoms with van der Waals surface area (Å²) in [5.74, 6) is -0.730. The molecule has 1 aromatic rings. The van der Waals surface area contributed by atoms with Crippen molar-refractivity contribution in [3.8, 4) is 0 Å². The van der Waals surface area contributed by atoms with Crippen molar-refractivity contribution in [2.24, 2.45) is 0 Å². The highest BCUT2D eigenvalue weighted by molar-refractivity contribution is 5.89. The molecule has 1 aromatic carbocycles. The van der Waals surface area contributed by atoms with Crippen LogP contribution in [0.25, 0.3) is 0 Å². The third-order valence-electron chi connectivity index (χ3n) is 3.56. The number of carboxylic acid groups (broad SMARTS) is 1. The third-order valence-corrected chi connectivity index (χ3v) is 3.56. The van der Waals surface area contributed by atoms with Crippen molar-refractivity contribution in [1.82, 2.24) is 15.5 Å². The van der Waals surface area contributed by atoms with Crippen LogP contribution in [0.4, 0.5) is 4.79 Å². The number of nitrogens with one attached hydrogen (secondary N) is 2. The number of carbonyl (C=O) groups is 3. The van der Waals surface area contributed by atoms with Crippen molar-refractivity contribution in [2.75, 3.05) is 13.1 Å². The van der Waals surface area contributed by atoms with Gasteiger partial charge >= 0.3 is 6.09 Å². The largest absolute Gasteiger partial charge is 0.465 e. The van der Waals surface area contributed by atoms with E-state index in [0.29, 0.717) is 25.9 Å². The minimum atomic E-state index is -1.11. The maximum Gasteiger partial charge on any atom is 0.407 e. The molecule has 1 aliphatic rings. The van der Waals surface area contributed by atoms with Crippen LogP contribution in [0.1, 0.15) is 18.4 Å². The molecule has 3 amide bonds. The number of likely N-dealkylation sites (tertiary alicyclic amines) is 1. The maximum atomic E-state index is 11.9. The van der Waals surface area contributed by atoms with E-state index in [9.17, 15) is 14.4 Å². The van der Waals surface area contributed by atoms with E-state index < -0.39 is 18.0 Å². The predicted octanol–water partition coefficient (Wildman–Crippen LogP) is 0.561. The van der Waals surface area contributed by atoms with Crippen LogP contribution in [0, 0.1) is 0 Å². The van der Waals surface area contributed by atoms with E-state index in [-0.39, 0.29) is 12.5 Å². The van der Waals surface area contributed by atoms with Gasteiger partial charge in [0.25, 0.3) is 0 Å². The Morgan fingerprint density at radius 1 is 1.18 bits per heavy atom. The molecule has 3 N–H and O–H groups in total. The van der Waals surface area contributed by atoms with E-state index >= 15 is 0 Å². The molecule has 2 rings (SSSR count). The van der Waals surface area contributed by atoms with Crippen LogP contribution in [0.15, 0.2) is 30.3 Å². The summed E-state index contributed by atoms with van der Waals surface area (Å²) in [6, 6.07) is 8.73. The van der Waals surface area contributed by atoms with Crippen LogP contribution in [0.2, 0.25) is 0 Å². The predicted molar refractivity (Wildman–Crippen MR) is 79.1 cm³/mol. The summed E-state index contributed by atoms with van der Waals surface area (Å²) in [4.78, 5) is 35.7. The van der Waals surface area contributed by atoms with Crippen molar-refractivity contribution in [3.05, 3.63) is 35.9 Å². The first-order valence-corrected chi connectivity index (χ1v) is 7.16. The summed E-state index contributed by atoms with van der Waals surface area (Å²) in [5, 5.41) is 14.2. The number of hydrogen-bond donors (Lipinski definition) is 3. The first-order valence-electron chi connectivity index (χ1n) is 7.16. The fraction of sp³-hybridized carbons (Fsp3) is 0.400. The minimum absolute atomic E-state index is 0.157. The average molecular weight is 305 g/mol. The second-order valence-electron chi connectivity index (χ2n) is 5.11. The number of benzene rings is 1. The number of hydrogen-bond acceptors (Lipinski definition) is 3. The van der Waals surface area contributed by atoms with Gasteiger partial charge in [-0.05, 0) is 18.4 Å². The second kappa shape index (κ2) is 7.44.